The highest BCUT2D eigenvalue weighted by Gasteiger charge is 2.07. The zero-order valence-electron chi connectivity index (χ0n) is 8.60. The third kappa shape index (κ3) is 1.67. The highest BCUT2D eigenvalue weighted by molar-refractivity contribution is 5.41. The second-order valence-electron chi connectivity index (χ2n) is 1.89. The summed E-state index contributed by atoms with van der Waals surface area (Å²) in [6.45, 7) is -2.77. The maximum Gasteiger partial charge on any atom is 0.164 e. The fourth-order valence-electron chi connectivity index (χ4n) is 0.663. The van der Waals surface area contributed by atoms with E-state index in [1.165, 1.54) is 24.3 Å². The normalized spacial score (nSPS) is 14.4. The van der Waals surface area contributed by atoms with Crippen molar-refractivity contribution in [2.24, 2.45) is 0 Å². The molecule has 1 rings (SSSR count). The first kappa shape index (κ1) is 4.33. The maximum absolute atomic E-state index is 10.5. The molecule has 58 valence electrons. The number of anilines is 1. The molecule has 0 spiro atoms. The molecule has 1 aromatic rings. The summed E-state index contributed by atoms with van der Waals surface area (Å²) < 4.78 is 20.9. The summed E-state index contributed by atoms with van der Waals surface area (Å²) in [7, 11) is 0. The van der Waals surface area contributed by atoms with E-state index in [1.54, 1.807) is 6.07 Å². The van der Waals surface area contributed by atoms with Crippen LogP contribution in [0.1, 0.15) is 4.11 Å². The molecule has 0 saturated heterocycles. The molecule has 0 aromatic heterocycles. The van der Waals surface area contributed by atoms with Crippen LogP contribution >= 0.6 is 0 Å². The summed E-state index contributed by atoms with van der Waals surface area (Å²) in [5.41, 5.74) is 0.0394. The van der Waals surface area contributed by atoms with Crippen LogP contribution in [0.4, 0.5) is 5.69 Å². The Kier molecular flexibility index (Phi) is 1.18. The van der Waals surface area contributed by atoms with Crippen LogP contribution in [-0.4, -0.2) is 12.0 Å². The van der Waals surface area contributed by atoms with Crippen molar-refractivity contribution in [3.63, 3.8) is 0 Å². The van der Waals surface area contributed by atoms with E-state index in [2.05, 4.69) is 0 Å². The summed E-state index contributed by atoms with van der Waals surface area (Å²) in [4.78, 5) is 10.5. The van der Waals surface area contributed by atoms with Gasteiger partial charge in [-0.3, -0.25) is 0 Å². The highest BCUT2D eigenvalue weighted by atomic mass is 16.7. The Morgan fingerprint density at radius 2 is 2.18 bits per heavy atom. The van der Waals surface area contributed by atoms with Crippen molar-refractivity contribution in [2.45, 2.75) is 0 Å². The Morgan fingerprint density at radius 3 is 2.64 bits per heavy atom. The lowest BCUT2D eigenvalue weighted by Crippen LogP contribution is -2.24. The minimum Gasteiger partial charge on any atom is -0.234 e. The molecule has 0 N–H and O–H groups in total. The predicted molar refractivity (Wildman–Crippen MR) is 41.8 cm³/mol. The minimum atomic E-state index is -2.77. The molecule has 0 heterocycles. The van der Waals surface area contributed by atoms with Crippen LogP contribution in [0.25, 0.3) is 0 Å². The number of hydrogen-bond acceptors (Lipinski definition) is 2. The Balaban J connectivity index is 3.08. The molecule has 0 aliphatic rings. The minimum absolute atomic E-state index is 0.0394. The molecule has 0 aliphatic heterocycles. The zero-order valence-corrected chi connectivity index (χ0v) is 5.60. The zero-order chi connectivity index (χ0) is 10.8. The number of nitro groups is 1. The Morgan fingerprint density at radius 1 is 1.55 bits per heavy atom. The van der Waals surface area contributed by atoms with Crippen molar-refractivity contribution < 1.29 is 9.14 Å². The van der Waals surface area contributed by atoms with Gasteiger partial charge in [0.2, 0.25) is 0 Å². The molecule has 4 heteroatoms. The Bertz CT molecular complexity index is 325. The highest BCUT2D eigenvalue weighted by Crippen LogP contribution is 2.09. The van der Waals surface area contributed by atoms with Crippen LogP contribution in [0.3, 0.4) is 0 Å². The molecular formula is C7H8N2O2. The number of nitrogens with zero attached hydrogens (tertiary/aromatic N) is 2. The topological polar surface area (TPSA) is 46.4 Å². The van der Waals surface area contributed by atoms with Crippen molar-refractivity contribution in [2.75, 3.05) is 12.0 Å². The van der Waals surface area contributed by atoms with E-state index in [0.717, 1.165) is 0 Å². The largest absolute Gasteiger partial charge is 0.234 e. The van der Waals surface area contributed by atoms with Crippen LogP contribution in [0.15, 0.2) is 30.3 Å². The molecule has 11 heavy (non-hydrogen) atoms. The van der Waals surface area contributed by atoms with Gasteiger partial charge in [-0.1, -0.05) is 23.2 Å². The molecule has 0 aliphatic carbocycles. The molecule has 0 bridgehead atoms. The van der Waals surface area contributed by atoms with Crippen molar-refractivity contribution in [1.82, 2.24) is 0 Å². The summed E-state index contributed by atoms with van der Waals surface area (Å²) in [5.74, 6) is 0. The molecule has 0 saturated carbocycles. The van der Waals surface area contributed by atoms with Gasteiger partial charge in [0.25, 0.3) is 0 Å². The van der Waals surface area contributed by atoms with Gasteiger partial charge in [-0.05, 0) is 12.1 Å². The van der Waals surface area contributed by atoms with Crippen LogP contribution in [0, 0.1) is 10.1 Å². The number of hydrogen-bond donors (Lipinski definition) is 0. The van der Waals surface area contributed by atoms with Gasteiger partial charge in [0.15, 0.2) is 5.03 Å². The maximum atomic E-state index is 10.5. The fraction of sp³-hybridized carbons (Fsp3) is 0.143. The number of benzene rings is 1. The van der Waals surface area contributed by atoms with Gasteiger partial charge in [-0.2, -0.15) is 0 Å². The average molecular weight is 155 g/mol. The molecule has 0 atom stereocenters. The van der Waals surface area contributed by atoms with Gasteiger partial charge in [-0.25, -0.2) is 10.1 Å². The summed E-state index contributed by atoms with van der Waals surface area (Å²) >= 11 is 0. The standard InChI is InChI=1S/C7H8N2O2/c1-8(9(10)11)7-5-3-2-4-6-7/h2-6H,1H3/i1D3. The monoisotopic (exact) mass is 155 g/mol. The van der Waals surface area contributed by atoms with Crippen LogP contribution in [-0.2, 0) is 0 Å². The first-order valence-electron chi connectivity index (χ1n) is 4.42. The molecule has 0 radical (unpaired) electrons. The van der Waals surface area contributed by atoms with Gasteiger partial charge in [0.1, 0.15) is 5.69 Å². The van der Waals surface area contributed by atoms with E-state index in [-0.39, 0.29) is 10.7 Å². The van der Waals surface area contributed by atoms with Crippen molar-refractivity contribution in [1.29, 1.82) is 0 Å². The van der Waals surface area contributed by atoms with E-state index in [1.807, 2.05) is 0 Å². The SMILES string of the molecule is [2H]C([2H])([2H])N(c1ccccc1)[N+](=O)[O-]. The quantitative estimate of drug-likeness (QED) is 0.478. The van der Waals surface area contributed by atoms with E-state index in [4.69, 9.17) is 4.11 Å². The van der Waals surface area contributed by atoms with Crippen LogP contribution < -0.4 is 5.01 Å². The lowest BCUT2D eigenvalue weighted by Gasteiger charge is -2.06. The summed E-state index contributed by atoms with van der Waals surface area (Å²) in [6, 6.07) is 7.47. The van der Waals surface area contributed by atoms with Crippen LogP contribution in [0.2, 0.25) is 0 Å². The van der Waals surface area contributed by atoms with E-state index >= 15 is 0 Å². The molecule has 1 aromatic carbocycles. The van der Waals surface area contributed by atoms with E-state index in [0.29, 0.717) is 0 Å². The lowest BCUT2D eigenvalue weighted by atomic mass is 10.3. The Labute approximate surface area is 68.4 Å². The summed E-state index contributed by atoms with van der Waals surface area (Å²) in [6.07, 6.45) is 0. The fourth-order valence-corrected chi connectivity index (χ4v) is 0.663. The van der Waals surface area contributed by atoms with Crippen molar-refractivity contribution >= 4 is 5.69 Å². The van der Waals surface area contributed by atoms with E-state index in [9.17, 15) is 10.1 Å². The smallest absolute Gasteiger partial charge is 0.164 e. The predicted octanol–water partition coefficient (Wildman–Crippen LogP) is 1.31. The van der Waals surface area contributed by atoms with Gasteiger partial charge in [0.05, 0.1) is 11.1 Å². The summed E-state index contributed by atoms with van der Waals surface area (Å²) in [5, 5.41) is 9.74. The second-order valence-corrected chi connectivity index (χ2v) is 1.89. The van der Waals surface area contributed by atoms with Crippen LogP contribution in [0.5, 0.6) is 0 Å². The number of para-hydroxylation sites is 1. The van der Waals surface area contributed by atoms with E-state index < -0.39 is 12.0 Å². The molecule has 0 amide bonds. The number of hydrazine groups is 1. The third-order valence-electron chi connectivity index (χ3n) is 1.16. The van der Waals surface area contributed by atoms with Gasteiger partial charge < -0.3 is 0 Å². The van der Waals surface area contributed by atoms with Crippen molar-refractivity contribution in [3.05, 3.63) is 40.4 Å². The average Bonchev–Trinajstić information content (AvgIpc) is 2.02. The first-order chi connectivity index (χ1) is 6.43. The molecule has 0 fully saturated rings. The van der Waals surface area contributed by atoms with Gasteiger partial charge in [-0.15, -0.1) is 0 Å². The lowest BCUT2D eigenvalue weighted by molar-refractivity contribution is -0.490. The molecular weight excluding hydrogens is 144 g/mol. The molecule has 0 unspecified atom stereocenters. The Hall–Kier alpha value is -1.58. The third-order valence-corrected chi connectivity index (χ3v) is 1.16. The number of rotatable bonds is 2. The molecule has 4 nitrogen and oxygen atoms in total. The van der Waals surface area contributed by atoms with Gasteiger partial charge in [0, 0.05) is 0 Å². The van der Waals surface area contributed by atoms with Crippen molar-refractivity contribution in [3.8, 4) is 0 Å². The first-order valence-corrected chi connectivity index (χ1v) is 2.92. The second kappa shape index (κ2) is 3.01. The van der Waals surface area contributed by atoms with Gasteiger partial charge >= 0.3 is 0 Å².